The number of morpholine rings is 1. The number of ether oxygens (including phenoxy) is 1. The lowest BCUT2D eigenvalue weighted by Gasteiger charge is -2.38. The Labute approximate surface area is 123 Å². The molecule has 1 fully saturated rings. The highest BCUT2D eigenvalue weighted by Gasteiger charge is 2.38. The standard InChI is InChI=1S/C14H20N4O3/c1-14(13(20)15-2)10-18(7-8-21-14)9-12(19)17-11-5-3-4-6-16-11/h3-6H,7-10H2,1-2H3,(H,15,20)(H,16,17,19)/t14-/m1/s1. The molecule has 1 atom stereocenters. The maximum Gasteiger partial charge on any atom is 0.253 e. The predicted molar refractivity (Wildman–Crippen MR) is 77.7 cm³/mol. The van der Waals surface area contributed by atoms with Crippen molar-refractivity contribution in [2.45, 2.75) is 12.5 Å². The van der Waals surface area contributed by atoms with Crippen LogP contribution in [0.1, 0.15) is 6.92 Å². The number of likely N-dealkylation sites (N-methyl/N-ethyl adjacent to an activating group) is 1. The highest BCUT2D eigenvalue weighted by Crippen LogP contribution is 2.17. The van der Waals surface area contributed by atoms with E-state index in [4.69, 9.17) is 4.74 Å². The molecule has 0 saturated carbocycles. The number of carbonyl (C=O) groups excluding carboxylic acids is 2. The van der Waals surface area contributed by atoms with Gasteiger partial charge in [0.2, 0.25) is 5.91 Å². The van der Waals surface area contributed by atoms with Crippen LogP contribution in [0.4, 0.5) is 5.82 Å². The third-order valence-corrected chi connectivity index (χ3v) is 3.36. The Morgan fingerprint density at radius 2 is 2.29 bits per heavy atom. The number of rotatable bonds is 4. The van der Waals surface area contributed by atoms with Crippen LogP contribution in [-0.4, -0.2) is 60.6 Å². The summed E-state index contributed by atoms with van der Waals surface area (Å²) in [4.78, 5) is 29.8. The van der Waals surface area contributed by atoms with E-state index in [1.165, 1.54) is 0 Å². The molecule has 0 spiro atoms. The third-order valence-electron chi connectivity index (χ3n) is 3.36. The fourth-order valence-corrected chi connectivity index (χ4v) is 2.31. The van der Waals surface area contributed by atoms with Crippen LogP contribution in [0.3, 0.4) is 0 Å². The van der Waals surface area contributed by atoms with Gasteiger partial charge < -0.3 is 15.4 Å². The zero-order valence-corrected chi connectivity index (χ0v) is 12.3. The van der Waals surface area contributed by atoms with Crippen LogP contribution in [0.15, 0.2) is 24.4 Å². The average molecular weight is 292 g/mol. The van der Waals surface area contributed by atoms with Gasteiger partial charge in [-0.15, -0.1) is 0 Å². The van der Waals surface area contributed by atoms with Crippen molar-refractivity contribution in [1.82, 2.24) is 15.2 Å². The largest absolute Gasteiger partial charge is 0.363 e. The number of amides is 2. The van der Waals surface area contributed by atoms with Crippen LogP contribution in [0, 0.1) is 0 Å². The Morgan fingerprint density at radius 3 is 2.95 bits per heavy atom. The van der Waals surface area contributed by atoms with Gasteiger partial charge in [-0.2, -0.15) is 0 Å². The number of nitrogens with zero attached hydrogens (tertiary/aromatic N) is 2. The van der Waals surface area contributed by atoms with Crippen LogP contribution in [0.2, 0.25) is 0 Å². The van der Waals surface area contributed by atoms with Crippen molar-refractivity contribution in [3.8, 4) is 0 Å². The second-order valence-electron chi connectivity index (χ2n) is 5.13. The molecule has 1 saturated heterocycles. The lowest BCUT2D eigenvalue weighted by atomic mass is 10.0. The summed E-state index contributed by atoms with van der Waals surface area (Å²) in [5.41, 5.74) is -0.918. The van der Waals surface area contributed by atoms with Gasteiger partial charge in [-0.3, -0.25) is 14.5 Å². The molecular formula is C14H20N4O3. The molecule has 1 aromatic heterocycles. The van der Waals surface area contributed by atoms with Crippen LogP contribution in [-0.2, 0) is 14.3 Å². The topological polar surface area (TPSA) is 83.6 Å². The lowest BCUT2D eigenvalue weighted by Crippen LogP contribution is -2.58. The Hall–Kier alpha value is -1.99. The highest BCUT2D eigenvalue weighted by molar-refractivity contribution is 5.91. The fourth-order valence-electron chi connectivity index (χ4n) is 2.31. The molecule has 2 rings (SSSR count). The summed E-state index contributed by atoms with van der Waals surface area (Å²) in [5.74, 6) is 0.178. The monoisotopic (exact) mass is 292 g/mol. The summed E-state index contributed by atoms with van der Waals surface area (Å²) in [6.45, 7) is 3.34. The van der Waals surface area contributed by atoms with Gasteiger partial charge in [0.25, 0.3) is 5.91 Å². The first-order valence-electron chi connectivity index (χ1n) is 6.83. The number of hydrogen-bond donors (Lipinski definition) is 2. The number of aromatic nitrogens is 1. The van der Waals surface area contributed by atoms with E-state index in [2.05, 4.69) is 15.6 Å². The molecule has 114 valence electrons. The molecule has 7 heteroatoms. The van der Waals surface area contributed by atoms with Gasteiger partial charge in [0, 0.05) is 26.3 Å². The molecule has 2 N–H and O–H groups in total. The SMILES string of the molecule is CNC(=O)[C@@]1(C)CN(CC(=O)Nc2ccccn2)CCO1. The fraction of sp³-hybridized carbons (Fsp3) is 0.500. The van der Waals surface area contributed by atoms with E-state index < -0.39 is 5.60 Å². The minimum atomic E-state index is -0.918. The Morgan fingerprint density at radius 1 is 1.48 bits per heavy atom. The van der Waals surface area contributed by atoms with E-state index in [1.54, 1.807) is 38.4 Å². The zero-order chi connectivity index (χ0) is 15.3. The van der Waals surface area contributed by atoms with E-state index in [1.807, 2.05) is 4.90 Å². The summed E-state index contributed by atoms with van der Waals surface area (Å²) in [5, 5.41) is 5.31. The molecule has 21 heavy (non-hydrogen) atoms. The van der Waals surface area contributed by atoms with Crippen LogP contribution in [0.5, 0.6) is 0 Å². The van der Waals surface area contributed by atoms with Gasteiger partial charge in [0.15, 0.2) is 5.60 Å². The molecule has 0 aliphatic carbocycles. The maximum absolute atomic E-state index is 12.0. The minimum Gasteiger partial charge on any atom is -0.363 e. The molecule has 1 aliphatic rings. The van der Waals surface area contributed by atoms with Gasteiger partial charge >= 0.3 is 0 Å². The summed E-state index contributed by atoms with van der Waals surface area (Å²) in [7, 11) is 1.57. The van der Waals surface area contributed by atoms with E-state index in [0.29, 0.717) is 25.5 Å². The lowest BCUT2D eigenvalue weighted by molar-refractivity contribution is -0.156. The summed E-state index contributed by atoms with van der Waals surface area (Å²) < 4.78 is 5.55. The number of pyridine rings is 1. The molecule has 2 amide bonds. The maximum atomic E-state index is 12.0. The van der Waals surface area contributed by atoms with Gasteiger partial charge in [-0.1, -0.05) is 6.07 Å². The number of nitrogens with one attached hydrogen (secondary N) is 2. The second-order valence-corrected chi connectivity index (χ2v) is 5.13. The Balaban J connectivity index is 1.90. The third kappa shape index (κ3) is 3.99. The quantitative estimate of drug-likeness (QED) is 0.807. The van der Waals surface area contributed by atoms with Crippen LogP contribution in [0.25, 0.3) is 0 Å². The van der Waals surface area contributed by atoms with Crippen molar-refractivity contribution < 1.29 is 14.3 Å². The average Bonchev–Trinajstić information content (AvgIpc) is 2.47. The Kier molecular flexibility index (Phi) is 4.87. The molecule has 0 radical (unpaired) electrons. The molecule has 0 bridgehead atoms. The summed E-state index contributed by atoms with van der Waals surface area (Å²) >= 11 is 0. The van der Waals surface area contributed by atoms with E-state index in [-0.39, 0.29) is 18.4 Å². The first-order valence-corrected chi connectivity index (χ1v) is 6.83. The van der Waals surface area contributed by atoms with Crippen molar-refractivity contribution >= 4 is 17.6 Å². The smallest absolute Gasteiger partial charge is 0.253 e. The van der Waals surface area contributed by atoms with Crippen molar-refractivity contribution in [2.75, 3.05) is 38.6 Å². The molecule has 0 aromatic carbocycles. The first kappa shape index (κ1) is 15.4. The first-order chi connectivity index (χ1) is 10.0. The van der Waals surface area contributed by atoms with Crippen molar-refractivity contribution in [2.24, 2.45) is 0 Å². The van der Waals surface area contributed by atoms with Crippen molar-refractivity contribution in [3.05, 3.63) is 24.4 Å². The molecular weight excluding hydrogens is 272 g/mol. The summed E-state index contributed by atoms with van der Waals surface area (Å²) in [6.07, 6.45) is 1.62. The number of carbonyl (C=O) groups is 2. The van der Waals surface area contributed by atoms with Crippen molar-refractivity contribution in [3.63, 3.8) is 0 Å². The van der Waals surface area contributed by atoms with E-state index >= 15 is 0 Å². The number of anilines is 1. The van der Waals surface area contributed by atoms with Gasteiger partial charge in [-0.05, 0) is 19.1 Å². The summed E-state index contributed by atoms with van der Waals surface area (Å²) in [6, 6.07) is 5.32. The van der Waals surface area contributed by atoms with E-state index in [0.717, 1.165) is 0 Å². The Bertz CT molecular complexity index is 508. The van der Waals surface area contributed by atoms with Crippen molar-refractivity contribution in [1.29, 1.82) is 0 Å². The molecule has 7 nitrogen and oxygen atoms in total. The minimum absolute atomic E-state index is 0.158. The molecule has 0 unspecified atom stereocenters. The van der Waals surface area contributed by atoms with Gasteiger partial charge in [-0.25, -0.2) is 4.98 Å². The van der Waals surface area contributed by atoms with E-state index in [9.17, 15) is 9.59 Å². The normalized spacial score (nSPS) is 22.6. The zero-order valence-electron chi connectivity index (χ0n) is 12.3. The second kappa shape index (κ2) is 6.64. The molecule has 1 aliphatic heterocycles. The van der Waals surface area contributed by atoms with Gasteiger partial charge in [0.05, 0.1) is 13.2 Å². The van der Waals surface area contributed by atoms with Crippen LogP contribution < -0.4 is 10.6 Å². The van der Waals surface area contributed by atoms with Crippen LogP contribution >= 0.6 is 0 Å². The predicted octanol–water partition coefficient (Wildman–Crippen LogP) is -0.143. The number of hydrogen-bond acceptors (Lipinski definition) is 5. The highest BCUT2D eigenvalue weighted by atomic mass is 16.5. The van der Waals surface area contributed by atoms with Gasteiger partial charge in [0.1, 0.15) is 5.82 Å². The molecule has 2 heterocycles. The molecule has 1 aromatic rings.